The summed E-state index contributed by atoms with van der Waals surface area (Å²) in [6.07, 6.45) is -5.15. The van der Waals surface area contributed by atoms with E-state index in [1.54, 1.807) is 24.3 Å². The van der Waals surface area contributed by atoms with E-state index in [1.165, 1.54) is 6.07 Å². The van der Waals surface area contributed by atoms with Gasteiger partial charge in [0.05, 0.1) is 0 Å². The Kier molecular flexibility index (Phi) is 4.91. The second-order valence-electron chi connectivity index (χ2n) is 5.95. The van der Waals surface area contributed by atoms with Crippen molar-refractivity contribution in [3.63, 3.8) is 0 Å². The molecule has 0 spiro atoms. The fourth-order valence-corrected chi connectivity index (χ4v) is 2.58. The third-order valence-electron chi connectivity index (χ3n) is 4.11. The lowest BCUT2D eigenvalue weighted by atomic mass is 9.96. The van der Waals surface area contributed by atoms with Gasteiger partial charge in [-0.3, -0.25) is 4.98 Å². The molecule has 8 heteroatoms. The minimum Gasteiger partial charge on any atom is -0.369 e. The highest BCUT2D eigenvalue weighted by atomic mass is 19.4. The van der Waals surface area contributed by atoms with Crippen LogP contribution in [0.15, 0.2) is 42.6 Å². The summed E-state index contributed by atoms with van der Waals surface area (Å²) in [6, 6.07) is 8.89. The van der Waals surface area contributed by atoms with Crippen molar-refractivity contribution in [1.82, 2.24) is 10.3 Å². The Balaban J connectivity index is 1.63. The van der Waals surface area contributed by atoms with E-state index < -0.39 is 24.3 Å². The Morgan fingerprint density at radius 1 is 1.24 bits per heavy atom. The Labute approximate surface area is 141 Å². The molecule has 3 N–H and O–H groups in total. The van der Waals surface area contributed by atoms with Crippen molar-refractivity contribution >= 4 is 5.69 Å². The zero-order chi connectivity index (χ0) is 18.0. The van der Waals surface area contributed by atoms with Crippen molar-refractivity contribution < 1.29 is 22.7 Å². The minimum atomic E-state index is -4.57. The maximum absolute atomic E-state index is 13.2. The molecule has 1 unspecified atom stereocenters. The van der Waals surface area contributed by atoms with Crippen LogP contribution >= 0.6 is 0 Å². The number of anilines is 1. The SMILES string of the molecule is OC(Nc1ccc(C[C@@H]2NC[C@@H]2F)cc1)c1ccnc(C(F)(F)F)c1. The predicted molar refractivity (Wildman–Crippen MR) is 84.7 cm³/mol. The molecule has 2 heterocycles. The molecule has 0 bridgehead atoms. The molecule has 3 atom stereocenters. The Morgan fingerprint density at radius 3 is 2.52 bits per heavy atom. The molecule has 2 aromatic rings. The van der Waals surface area contributed by atoms with Crippen molar-refractivity contribution in [1.29, 1.82) is 0 Å². The van der Waals surface area contributed by atoms with Crippen LogP contribution in [-0.2, 0) is 12.6 Å². The van der Waals surface area contributed by atoms with Crippen LogP contribution in [0.3, 0.4) is 0 Å². The number of pyridine rings is 1. The summed E-state index contributed by atoms with van der Waals surface area (Å²) in [7, 11) is 0. The number of nitrogens with zero attached hydrogens (tertiary/aromatic N) is 1. The Morgan fingerprint density at radius 2 is 1.96 bits per heavy atom. The molecule has 0 amide bonds. The fourth-order valence-electron chi connectivity index (χ4n) is 2.58. The molecule has 4 nitrogen and oxygen atoms in total. The largest absolute Gasteiger partial charge is 0.433 e. The molecule has 0 saturated carbocycles. The van der Waals surface area contributed by atoms with E-state index in [9.17, 15) is 22.7 Å². The molecule has 1 aromatic heterocycles. The van der Waals surface area contributed by atoms with Crippen molar-refractivity contribution in [2.75, 3.05) is 11.9 Å². The smallest absolute Gasteiger partial charge is 0.369 e. The number of halogens is 4. The lowest BCUT2D eigenvalue weighted by Gasteiger charge is -2.32. The first-order valence-electron chi connectivity index (χ1n) is 7.77. The van der Waals surface area contributed by atoms with E-state index in [1.807, 2.05) is 0 Å². The average Bonchev–Trinajstić information content (AvgIpc) is 2.59. The van der Waals surface area contributed by atoms with Crippen LogP contribution in [0.1, 0.15) is 23.0 Å². The van der Waals surface area contributed by atoms with Gasteiger partial charge in [0.25, 0.3) is 0 Å². The van der Waals surface area contributed by atoms with E-state index in [0.717, 1.165) is 17.8 Å². The van der Waals surface area contributed by atoms with Gasteiger partial charge in [-0.25, -0.2) is 4.39 Å². The highest BCUT2D eigenvalue weighted by molar-refractivity contribution is 5.46. The lowest BCUT2D eigenvalue weighted by molar-refractivity contribution is -0.141. The number of nitrogens with one attached hydrogen (secondary N) is 2. The molecule has 134 valence electrons. The number of aromatic nitrogens is 1. The molecular weight excluding hydrogens is 338 g/mol. The van der Waals surface area contributed by atoms with Gasteiger partial charge in [-0.2, -0.15) is 13.2 Å². The zero-order valence-corrected chi connectivity index (χ0v) is 13.1. The van der Waals surface area contributed by atoms with Gasteiger partial charge >= 0.3 is 6.18 Å². The van der Waals surface area contributed by atoms with Gasteiger partial charge in [0.15, 0.2) is 6.23 Å². The van der Waals surface area contributed by atoms with E-state index in [2.05, 4.69) is 15.6 Å². The van der Waals surface area contributed by atoms with E-state index in [4.69, 9.17) is 0 Å². The van der Waals surface area contributed by atoms with Crippen LogP contribution in [0.2, 0.25) is 0 Å². The van der Waals surface area contributed by atoms with Crippen molar-refractivity contribution in [3.8, 4) is 0 Å². The maximum atomic E-state index is 13.2. The normalized spacial score (nSPS) is 21.5. The van der Waals surface area contributed by atoms with Gasteiger partial charge in [-0.1, -0.05) is 12.1 Å². The van der Waals surface area contributed by atoms with Gasteiger partial charge < -0.3 is 15.7 Å². The van der Waals surface area contributed by atoms with Crippen molar-refractivity contribution in [2.45, 2.75) is 31.0 Å². The summed E-state index contributed by atoms with van der Waals surface area (Å²) in [5, 5.41) is 15.8. The molecule has 1 aliphatic rings. The number of hydrogen-bond acceptors (Lipinski definition) is 4. The minimum absolute atomic E-state index is 0.0605. The molecule has 1 saturated heterocycles. The first kappa shape index (κ1) is 17.6. The van der Waals surface area contributed by atoms with Gasteiger partial charge in [-0.15, -0.1) is 0 Å². The Hall–Kier alpha value is -2.19. The number of hydrogen-bond donors (Lipinski definition) is 3. The van der Waals surface area contributed by atoms with Crippen LogP contribution in [0.4, 0.5) is 23.2 Å². The quantitative estimate of drug-likeness (QED) is 0.570. The molecule has 0 radical (unpaired) electrons. The topological polar surface area (TPSA) is 57.2 Å². The van der Waals surface area contributed by atoms with Crippen LogP contribution in [0.5, 0.6) is 0 Å². The molecule has 1 aromatic carbocycles. The number of aliphatic hydroxyl groups is 1. The summed E-state index contributed by atoms with van der Waals surface area (Å²) in [6.45, 7) is 0.377. The summed E-state index contributed by atoms with van der Waals surface area (Å²) in [4.78, 5) is 3.26. The van der Waals surface area contributed by atoms with E-state index in [0.29, 0.717) is 18.7 Å². The second kappa shape index (κ2) is 6.97. The van der Waals surface area contributed by atoms with Gasteiger partial charge in [0.2, 0.25) is 0 Å². The summed E-state index contributed by atoms with van der Waals surface area (Å²) in [5.74, 6) is 0. The predicted octanol–water partition coefficient (Wildman–Crippen LogP) is 3.06. The highest BCUT2D eigenvalue weighted by Crippen LogP contribution is 2.29. The number of alkyl halides is 4. The van der Waals surface area contributed by atoms with Gasteiger partial charge in [0.1, 0.15) is 11.9 Å². The Bertz CT molecular complexity index is 721. The van der Waals surface area contributed by atoms with Gasteiger partial charge in [-0.05, 0) is 36.2 Å². The number of aliphatic hydroxyl groups excluding tert-OH is 1. The maximum Gasteiger partial charge on any atom is 0.433 e. The zero-order valence-electron chi connectivity index (χ0n) is 13.1. The van der Waals surface area contributed by atoms with Crippen LogP contribution in [-0.4, -0.2) is 28.8 Å². The summed E-state index contributed by atoms with van der Waals surface area (Å²) in [5.41, 5.74) is 0.475. The summed E-state index contributed by atoms with van der Waals surface area (Å²) < 4.78 is 51.2. The molecule has 0 aliphatic carbocycles. The average molecular weight is 355 g/mol. The first-order valence-corrected chi connectivity index (χ1v) is 7.77. The standard InChI is InChI=1S/C17H17F4N3O/c18-13-9-23-14(13)7-10-1-3-12(4-2-10)24-16(25)11-5-6-22-15(8-11)17(19,20)21/h1-6,8,13-14,16,23-25H,7,9H2/t13-,14-,16?/m0/s1. The van der Waals surface area contributed by atoms with Crippen molar-refractivity contribution in [3.05, 3.63) is 59.4 Å². The molecular formula is C17H17F4N3O. The van der Waals surface area contributed by atoms with Crippen LogP contribution in [0, 0.1) is 0 Å². The molecule has 25 heavy (non-hydrogen) atoms. The second-order valence-corrected chi connectivity index (χ2v) is 5.95. The number of rotatable bonds is 5. The van der Waals surface area contributed by atoms with E-state index >= 15 is 0 Å². The molecule has 1 aliphatic heterocycles. The van der Waals surface area contributed by atoms with Gasteiger partial charge in [0, 0.05) is 30.0 Å². The highest BCUT2D eigenvalue weighted by Gasteiger charge is 2.33. The lowest BCUT2D eigenvalue weighted by Crippen LogP contribution is -2.55. The number of benzene rings is 1. The third kappa shape index (κ3) is 4.26. The summed E-state index contributed by atoms with van der Waals surface area (Å²) >= 11 is 0. The van der Waals surface area contributed by atoms with Crippen molar-refractivity contribution in [2.24, 2.45) is 0 Å². The fraction of sp³-hybridized carbons (Fsp3) is 0.353. The molecule has 1 fully saturated rings. The van der Waals surface area contributed by atoms with E-state index in [-0.39, 0.29) is 11.6 Å². The first-order chi connectivity index (χ1) is 11.8. The van der Waals surface area contributed by atoms with Crippen LogP contribution < -0.4 is 10.6 Å². The monoisotopic (exact) mass is 355 g/mol. The molecule has 3 rings (SSSR count). The van der Waals surface area contributed by atoms with Crippen LogP contribution in [0.25, 0.3) is 0 Å². The third-order valence-corrected chi connectivity index (χ3v) is 4.11.